The minimum Gasteiger partial charge on any atom is -0.309 e. The highest BCUT2D eigenvalue weighted by molar-refractivity contribution is 7.88. The van der Waals surface area contributed by atoms with Crippen LogP contribution in [0.2, 0.25) is 0 Å². The Kier molecular flexibility index (Phi) is 6.59. The lowest BCUT2D eigenvalue weighted by atomic mass is 10.1. The Hall–Kier alpha value is -1.44. The molecule has 1 aliphatic heterocycles. The summed E-state index contributed by atoms with van der Waals surface area (Å²) in [6.45, 7) is 3.52. The van der Waals surface area contributed by atoms with Gasteiger partial charge in [-0.25, -0.2) is 12.7 Å². The number of hydrogen-bond donors (Lipinski definition) is 0. The van der Waals surface area contributed by atoms with E-state index in [1.54, 1.807) is 0 Å². The zero-order chi connectivity index (χ0) is 18.6. The van der Waals surface area contributed by atoms with E-state index in [0.717, 1.165) is 25.1 Å². The normalized spacial score (nSPS) is 17.4. The lowest BCUT2D eigenvalue weighted by Gasteiger charge is -2.25. The summed E-state index contributed by atoms with van der Waals surface area (Å²) in [5, 5.41) is 0. The molecule has 1 atom stereocenters. The lowest BCUT2D eigenvalue weighted by molar-refractivity contribution is -0.119. The fourth-order valence-electron chi connectivity index (χ4n) is 3.29. The van der Waals surface area contributed by atoms with Gasteiger partial charge in [0, 0.05) is 31.2 Å². The molecule has 140 valence electrons. The minimum atomic E-state index is -3.31. The van der Waals surface area contributed by atoms with E-state index in [-0.39, 0.29) is 24.9 Å². The molecule has 0 radical (unpaired) electrons. The Morgan fingerprint density at radius 3 is 2.52 bits per heavy atom. The topological polar surface area (TPSA) is 60.9 Å². The van der Waals surface area contributed by atoms with Crippen LogP contribution in [0.5, 0.6) is 0 Å². The number of sulfonamides is 1. The molecule has 6 nitrogen and oxygen atoms in total. The van der Waals surface area contributed by atoms with Crippen molar-refractivity contribution in [2.75, 3.05) is 44.9 Å². The second-order valence-electron chi connectivity index (χ2n) is 7.01. The number of fused-ring (bicyclic) bond motifs is 1. The van der Waals surface area contributed by atoms with Gasteiger partial charge in [0.15, 0.2) is 0 Å². The molecule has 0 bridgehead atoms. The summed E-state index contributed by atoms with van der Waals surface area (Å²) < 4.78 is 25.4. The van der Waals surface area contributed by atoms with Gasteiger partial charge in [0.1, 0.15) is 0 Å². The van der Waals surface area contributed by atoms with E-state index >= 15 is 0 Å². The van der Waals surface area contributed by atoms with Crippen LogP contribution in [0.3, 0.4) is 0 Å². The first-order valence-electron chi connectivity index (χ1n) is 8.70. The van der Waals surface area contributed by atoms with Crippen molar-refractivity contribution in [2.24, 2.45) is 0 Å². The minimum absolute atomic E-state index is 0.0151. The number of benzene rings is 1. The molecule has 1 aliphatic rings. The number of hydrogen-bond acceptors (Lipinski definition) is 4. The fraction of sp³-hybridized carbons (Fsp3) is 0.611. The Morgan fingerprint density at radius 2 is 1.88 bits per heavy atom. The molecule has 0 spiro atoms. The summed E-state index contributed by atoms with van der Waals surface area (Å²) in [4.78, 5) is 16.6. The molecule has 0 fully saturated rings. The largest absolute Gasteiger partial charge is 0.309 e. The Balaban J connectivity index is 1.99. The molecule has 0 N–H and O–H groups in total. The molecule has 1 aromatic rings. The number of carbonyl (C=O) groups excluding carboxylic acids is 1. The number of anilines is 1. The van der Waals surface area contributed by atoms with Crippen molar-refractivity contribution < 1.29 is 13.2 Å². The predicted octanol–water partition coefficient (Wildman–Crippen LogP) is 1.57. The average molecular weight is 368 g/mol. The van der Waals surface area contributed by atoms with E-state index in [4.69, 9.17) is 0 Å². The molecule has 25 heavy (non-hydrogen) atoms. The molecule has 0 aromatic heterocycles. The number of nitrogens with zero attached hydrogens (tertiary/aromatic N) is 3. The van der Waals surface area contributed by atoms with Crippen LogP contribution < -0.4 is 4.90 Å². The van der Waals surface area contributed by atoms with Crippen molar-refractivity contribution in [1.29, 1.82) is 0 Å². The molecule has 0 saturated heterocycles. The molecule has 1 amide bonds. The first-order valence-corrected chi connectivity index (χ1v) is 10.5. The van der Waals surface area contributed by atoms with E-state index in [1.165, 1.54) is 16.1 Å². The summed E-state index contributed by atoms with van der Waals surface area (Å²) in [6, 6.07) is 8.03. The molecule has 2 rings (SSSR count). The standard InChI is InChI=1S/C18H29N3O3S/c1-15-14-16-8-5-6-9-17(16)21(15)18(22)10-13-20(25(4,23)24)12-7-11-19(2)3/h5-6,8-9,15H,7,10-14H2,1-4H3. The van der Waals surface area contributed by atoms with Crippen LogP contribution in [-0.4, -0.2) is 69.6 Å². The van der Waals surface area contributed by atoms with Crippen LogP contribution in [0.25, 0.3) is 0 Å². The summed E-state index contributed by atoms with van der Waals surface area (Å²) in [7, 11) is 0.606. The van der Waals surface area contributed by atoms with Crippen molar-refractivity contribution in [3.63, 3.8) is 0 Å². The van der Waals surface area contributed by atoms with Crippen LogP contribution >= 0.6 is 0 Å². The number of rotatable bonds is 8. The van der Waals surface area contributed by atoms with Gasteiger partial charge < -0.3 is 9.80 Å². The first kappa shape index (κ1) is 19.9. The van der Waals surface area contributed by atoms with Crippen molar-refractivity contribution in [3.8, 4) is 0 Å². The first-order chi connectivity index (χ1) is 11.7. The van der Waals surface area contributed by atoms with E-state index in [9.17, 15) is 13.2 Å². The molecular formula is C18H29N3O3S. The molecule has 0 saturated carbocycles. The second kappa shape index (κ2) is 8.29. The van der Waals surface area contributed by atoms with Crippen molar-refractivity contribution in [3.05, 3.63) is 29.8 Å². The van der Waals surface area contributed by atoms with Gasteiger partial charge in [0.25, 0.3) is 0 Å². The quantitative estimate of drug-likeness (QED) is 0.700. The molecule has 0 aliphatic carbocycles. The zero-order valence-electron chi connectivity index (χ0n) is 15.6. The summed E-state index contributed by atoms with van der Waals surface area (Å²) >= 11 is 0. The third-order valence-electron chi connectivity index (χ3n) is 4.53. The Morgan fingerprint density at radius 1 is 1.20 bits per heavy atom. The van der Waals surface area contributed by atoms with Gasteiger partial charge in [0.2, 0.25) is 15.9 Å². The Labute approximate surface area is 151 Å². The highest BCUT2D eigenvalue weighted by atomic mass is 32.2. The van der Waals surface area contributed by atoms with Gasteiger partial charge in [0.05, 0.1) is 6.26 Å². The molecule has 7 heteroatoms. The van der Waals surface area contributed by atoms with Gasteiger partial charge in [-0.3, -0.25) is 4.79 Å². The van der Waals surface area contributed by atoms with E-state index in [2.05, 4.69) is 0 Å². The van der Waals surface area contributed by atoms with Crippen LogP contribution in [0, 0.1) is 0 Å². The van der Waals surface area contributed by atoms with E-state index in [1.807, 2.05) is 55.1 Å². The van der Waals surface area contributed by atoms with Gasteiger partial charge in [-0.15, -0.1) is 0 Å². The van der Waals surface area contributed by atoms with Crippen LogP contribution in [-0.2, 0) is 21.2 Å². The van der Waals surface area contributed by atoms with Crippen molar-refractivity contribution >= 4 is 21.6 Å². The highest BCUT2D eigenvalue weighted by Gasteiger charge is 2.30. The van der Waals surface area contributed by atoms with E-state index < -0.39 is 10.0 Å². The zero-order valence-corrected chi connectivity index (χ0v) is 16.4. The van der Waals surface area contributed by atoms with Crippen LogP contribution in [0.4, 0.5) is 5.69 Å². The molecule has 1 heterocycles. The van der Waals surface area contributed by atoms with Gasteiger partial charge in [-0.2, -0.15) is 0 Å². The van der Waals surface area contributed by atoms with Crippen LogP contribution in [0.15, 0.2) is 24.3 Å². The maximum Gasteiger partial charge on any atom is 0.228 e. The SMILES string of the molecule is CC1Cc2ccccc2N1C(=O)CCN(CCCN(C)C)S(C)(=O)=O. The second-order valence-corrected chi connectivity index (χ2v) is 9.00. The Bertz CT molecular complexity index is 703. The number of carbonyl (C=O) groups is 1. The van der Waals surface area contributed by atoms with Crippen molar-refractivity contribution in [1.82, 2.24) is 9.21 Å². The van der Waals surface area contributed by atoms with Crippen molar-refractivity contribution in [2.45, 2.75) is 32.2 Å². The molecule has 1 unspecified atom stereocenters. The van der Waals surface area contributed by atoms with Gasteiger partial charge >= 0.3 is 0 Å². The lowest BCUT2D eigenvalue weighted by Crippen LogP contribution is -2.40. The monoisotopic (exact) mass is 367 g/mol. The maximum atomic E-state index is 12.7. The number of para-hydroxylation sites is 1. The third-order valence-corrected chi connectivity index (χ3v) is 5.84. The van der Waals surface area contributed by atoms with E-state index in [0.29, 0.717) is 6.54 Å². The molecule has 1 aromatic carbocycles. The highest BCUT2D eigenvalue weighted by Crippen LogP contribution is 2.32. The average Bonchev–Trinajstić information content (AvgIpc) is 2.84. The smallest absolute Gasteiger partial charge is 0.228 e. The summed E-state index contributed by atoms with van der Waals surface area (Å²) in [6.07, 6.45) is 3.01. The predicted molar refractivity (Wildman–Crippen MR) is 101 cm³/mol. The third kappa shape index (κ3) is 5.26. The fourth-order valence-corrected chi connectivity index (χ4v) is 4.18. The van der Waals surface area contributed by atoms with Gasteiger partial charge in [-0.05, 0) is 52.0 Å². The molecular weight excluding hydrogens is 338 g/mol. The maximum absolute atomic E-state index is 12.7. The van der Waals surface area contributed by atoms with Crippen LogP contribution in [0.1, 0.15) is 25.3 Å². The summed E-state index contributed by atoms with van der Waals surface area (Å²) in [5.41, 5.74) is 2.13. The number of amides is 1. The summed E-state index contributed by atoms with van der Waals surface area (Å²) in [5.74, 6) is -0.0151. The van der Waals surface area contributed by atoms with Gasteiger partial charge in [-0.1, -0.05) is 18.2 Å².